The highest BCUT2D eigenvalue weighted by Gasteiger charge is 2.13. The normalized spacial score (nSPS) is 10.6. The van der Waals surface area contributed by atoms with E-state index in [0.29, 0.717) is 5.11 Å². The molecule has 0 fully saturated rings. The smallest absolute Gasteiger partial charge is 0.175 e. The van der Waals surface area contributed by atoms with Crippen LogP contribution in [0.1, 0.15) is 0 Å². The molecule has 6 heteroatoms. The molecule has 154 valence electrons. The molecule has 2 N–H and O–H groups in total. The number of benzene rings is 3. The SMILES string of the molecule is S=C(Nc1ccncc1)Nc1ccc2nc(-c3ccccc3)c(-c3ccccc3)nc2c1. The number of aromatic nitrogens is 3. The van der Waals surface area contributed by atoms with Crippen molar-refractivity contribution in [1.82, 2.24) is 15.0 Å². The van der Waals surface area contributed by atoms with Crippen LogP contribution in [-0.4, -0.2) is 20.1 Å². The molecular formula is C26H19N5S. The summed E-state index contributed by atoms with van der Waals surface area (Å²) in [6.07, 6.45) is 3.43. The number of thiocarbonyl (C=S) groups is 1. The Kier molecular flexibility index (Phi) is 5.51. The van der Waals surface area contributed by atoms with Crippen LogP contribution in [0.15, 0.2) is 103 Å². The van der Waals surface area contributed by atoms with Gasteiger partial charge in [0.25, 0.3) is 0 Å². The lowest BCUT2D eigenvalue weighted by Gasteiger charge is -2.13. The number of fused-ring (bicyclic) bond motifs is 1. The number of rotatable bonds is 4. The Morgan fingerprint density at radius 3 is 1.78 bits per heavy atom. The van der Waals surface area contributed by atoms with Crippen molar-refractivity contribution in [3.05, 3.63) is 103 Å². The Balaban J connectivity index is 1.52. The third-order valence-electron chi connectivity index (χ3n) is 4.95. The second-order valence-corrected chi connectivity index (χ2v) is 7.58. The molecule has 0 unspecified atom stereocenters. The molecule has 0 saturated heterocycles. The summed E-state index contributed by atoms with van der Waals surface area (Å²) in [5.41, 5.74) is 7.09. The molecule has 0 spiro atoms. The minimum atomic E-state index is 0.493. The molecule has 2 heterocycles. The van der Waals surface area contributed by atoms with E-state index in [4.69, 9.17) is 22.2 Å². The highest BCUT2D eigenvalue weighted by Crippen LogP contribution is 2.31. The topological polar surface area (TPSA) is 62.7 Å². The maximum absolute atomic E-state index is 5.45. The summed E-state index contributed by atoms with van der Waals surface area (Å²) in [7, 11) is 0. The molecule has 3 aromatic carbocycles. The Morgan fingerprint density at radius 2 is 1.16 bits per heavy atom. The summed E-state index contributed by atoms with van der Waals surface area (Å²) in [6.45, 7) is 0. The summed E-state index contributed by atoms with van der Waals surface area (Å²) in [4.78, 5) is 14.0. The van der Waals surface area contributed by atoms with Crippen LogP contribution in [0.4, 0.5) is 11.4 Å². The number of nitrogens with one attached hydrogen (secondary N) is 2. The van der Waals surface area contributed by atoms with Gasteiger partial charge in [0.2, 0.25) is 0 Å². The summed E-state index contributed by atoms with van der Waals surface area (Å²) in [5, 5.41) is 6.86. The van der Waals surface area contributed by atoms with Gasteiger partial charge in [0, 0.05) is 34.9 Å². The monoisotopic (exact) mass is 433 g/mol. The van der Waals surface area contributed by atoms with Crippen LogP contribution < -0.4 is 10.6 Å². The van der Waals surface area contributed by atoms with E-state index in [9.17, 15) is 0 Å². The van der Waals surface area contributed by atoms with Crippen molar-refractivity contribution < 1.29 is 0 Å². The van der Waals surface area contributed by atoms with Crippen LogP contribution in [-0.2, 0) is 0 Å². The van der Waals surface area contributed by atoms with Gasteiger partial charge in [-0.2, -0.15) is 0 Å². The van der Waals surface area contributed by atoms with Crippen molar-refractivity contribution in [1.29, 1.82) is 0 Å². The van der Waals surface area contributed by atoms with E-state index in [0.717, 1.165) is 44.9 Å². The van der Waals surface area contributed by atoms with Crippen molar-refractivity contribution in [2.24, 2.45) is 0 Å². The summed E-state index contributed by atoms with van der Waals surface area (Å²) in [6, 6.07) is 29.9. The summed E-state index contributed by atoms with van der Waals surface area (Å²) < 4.78 is 0. The zero-order chi connectivity index (χ0) is 21.8. The van der Waals surface area contributed by atoms with Gasteiger partial charge in [-0.15, -0.1) is 0 Å². The van der Waals surface area contributed by atoms with Gasteiger partial charge in [0.15, 0.2) is 5.11 Å². The lowest BCUT2D eigenvalue weighted by molar-refractivity contribution is 1.29. The second kappa shape index (κ2) is 8.91. The standard InChI is InChI=1S/C26H19N5S/c32-26(28-20-13-15-27-16-14-20)29-21-11-12-22-23(17-21)31-25(19-9-5-2-6-10-19)24(30-22)18-7-3-1-4-8-18/h1-17H,(H2,27,28,29,32). The minimum absolute atomic E-state index is 0.493. The Hall–Kier alpha value is -4.16. The van der Waals surface area contributed by atoms with Crippen LogP contribution >= 0.6 is 12.2 Å². The fourth-order valence-corrected chi connectivity index (χ4v) is 3.69. The molecule has 0 aliphatic carbocycles. The average Bonchev–Trinajstić information content (AvgIpc) is 2.85. The molecule has 5 nitrogen and oxygen atoms in total. The molecule has 0 aliphatic heterocycles. The van der Waals surface area contributed by atoms with Crippen molar-refractivity contribution in [2.75, 3.05) is 10.6 Å². The molecule has 32 heavy (non-hydrogen) atoms. The molecule has 2 aromatic heterocycles. The third-order valence-corrected chi connectivity index (χ3v) is 5.16. The van der Waals surface area contributed by atoms with Gasteiger partial charge in [-0.1, -0.05) is 60.7 Å². The van der Waals surface area contributed by atoms with Crippen molar-refractivity contribution >= 4 is 39.7 Å². The first-order valence-corrected chi connectivity index (χ1v) is 10.6. The largest absolute Gasteiger partial charge is 0.332 e. The molecule has 5 aromatic rings. The number of anilines is 2. The maximum atomic E-state index is 5.45. The van der Waals surface area contributed by atoms with Gasteiger partial charge in [0.1, 0.15) is 0 Å². The molecule has 0 bridgehead atoms. The number of pyridine rings is 1. The van der Waals surface area contributed by atoms with E-state index in [2.05, 4.69) is 39.9 Å². The van der Waals surface area contributed by atoms with Gasteiger partial charge in [-0.3, -0.25) is 4.98 Å². The summed E-state index contributed by atoms with van der Waals surface area (Å²) >= 11 is 5.45. The lowest BCUT2D eigenvalue weighted by Crippen LogP contribution is -2.19. The van der Waals surface area contributed by atoms with Gasteiger partial charge in [0.05, 0.1) is 22.4 Å². The molecule has 5 rings (SSSR count). The summed E-state index contributed by atoms with van der Waals surface area (Å²) in [5.74, 6) is 0. The molecule has 0 saturated carbocycles. The van der Waals surface area contributed by atoms with E-state index >= 15 is 0 Å². The molecule has 0 aliphatic rings. The first-order chi connectivity index (χ1) is 15.8. The highest BCUT2D eigenvalue weighted by atomic mass is 32.1. The Labute approximate surface area is 191 Å². The van der Waals surface area contributed by atoms with Gasteiger partial charge in [-0.25, -0.2) is 9.97 Å². The molecular weight excluding hydrogens is 414 g/mol. The Bertz CT molecular complexity index is 1370. The van der Waals surface area contributed by atoms with Crippen LogP contribution in [0.3, 0.4) is 0 Å². The predicted octanol–water partition coefficient (Wildman–Crippen LogP) is 6.17. The first kappa shape index (κ1) is 19.8. The van der Waals surface area contributed by atoms with E-state index < -0.39 is 0 Å². The van der Waals surface area contributed by atoms with Crippen molar-refractivity contribution in [3.63, 3.8) is 0 Å². The van der Waals surface area contributed by atoms with E-state index in [-0.39, 0.29) is 0 Å². The van der Waals surface area contributed by atoms with Crippen LogP contribution in [0.25, 0.3) is 33.5 Å². The number of nitrogens with zero attached hydrogens (tertiary/aromatic N) is 3. The van der Waals surface area contributed by atoms with Crippen molar-refractivity contribution in [3.8, 4) is 22.5 Å². The van der Waals surface area contributed by atoms with E-state index in [1.165, 1.54) is 0 Å². The fraction of sp³-hybridized carbons (Fsp3) is 0. The van der Waals surface area contributed by atoms with Crippen LogP contribution in [0, 0.1) is 0 Å². The number of hydrogen-bond acceptors (Lipinski definition) is 4. The maximum Gasteiger partial charge on any atom is 0.175 e. The lowest BCUT2D eigenvalue weighted by atomic mass is 10.0. The zero-order valence-corrected chi connectivity index (χ0v) is 17.9. The zero-order valence-electron chi connectivity index (χ0n) is 17.1. The Morgan fingerprint density at radius 1 is 0.594 bits per heavy atom. The average molecular weight is 434 g/mol. The van der Waals surface area contributed by atoms with Crippen molar-refractivity contribution in [2.45, 2.75) is 0 Å². The van der Waals surface area contributed by atoms with Gasteiger partial charge < -0.3 is 10.6 Å². The predicted molar refractivity (Wildman–Crippen MR) is 134 cm³/mol. The highest BCUT2D eigenvalue weighted by molar-refractivity contribution is 7.80. The second-order valence-electron chi connectivity index (χ2n) is 7.17. The quantitative estimate of drug-likeness (QED) is 0.331. The van der Waals surface area contributed by atoms with E-state index in [1.807, 2.05) is 66.7 Å². The van der Waals surface area contributed by atoms with Crippen LogP contribution in [0.2, 0.25) is 0 Å². The molecule has 0 radical (unpaired) electrons. The molecule has 0 atom stereocenters. The third kappa shape index (κ3) is 4.31. The number of hydrogen-bond donors (Lipinski definition) is 2. The fourth-order valence-electron chi connectivity index (χ4n) is 3.46. The van der Waals surface area contributed by atoms with Gasteiger partial charge >= 0.3 is 0 Å². The minimum Gasteiger partial charge on any atom is -0.332 e. The van der Waals surface area contributed by atoms with Crippen LogP contribution in [0.5, 0.6) is 0 Å². The first-order valence-electron chi connectivity index (χ1n) is 10.2. The molecule has 0 amide bonds. The van der Waals surface area contributed by atoms with E-state index in [1.54, 1.807) is 12.4 Å². The van der Waals surface area contributed by atoms with Gasteiger partial charge in [-0.05, 0) is 42.5 Å².